The molecule has 2 aliphatic rings. The molecule has 0 fully saturated rings. The second-order valence-electron chi connectivity index (χ2n) is 7.42. The molecule has 0 aliphatic carbocycles. The summed E-state index contributed by atoms with van der Waals surface area (Å²) in [6.07, 6.45) is 0.418. The molecule has 0 amide bonds. The number of carboxylic acids is 1. The van der Waals surface area contributed by atoms with Crippen LogP contribution in [0.15, 0.2) is 18.2 Å². The first kappa shape index (κ1) is 21.4. The number of nitrogens with zero attached hydrogens (tertiary/aromatic N) is 1. The van der Waals surface area contributed by atoms with Crippen LogP contribution in [0.5, 0.6) is 28.7 Å². The highest BCUT2D eigenvalue weighted by atomic mass is 16.7. The molecular formula is C22H21NO9. The lowest BCUT2D eigenvalue weighted by molar-refractivity contribution is 0.0686. The lowest BCUT2D eigenvalue weighted by atomic mass is 9.91. The van der Waals surface area contributed by atoms with E-state index in [1.54, 1.807) is 6.07 Å². The van der Waals surface area contributed by atoms with Gasteiger partial charge in [-0.3, -0.25) is 9.59 Å². The van der Waals surface area contributed by atoms with Crippen LogP contribution in [-0.2, 0) is 6.42 Å². The van der Waals surface area contributed by atoms with Gasteiger partial charge in [0.2, 0.25) is 30.9 Å². The SMILES string of the molecule is COc1c2c(cc(CCN(C)C)c1C(=O)C(=O)c1ccc3c(c1C(=O)O)OCO3)OCO2. The van der Waals surface area contributed by atoms with E-state index in [9.17, 15) is 19.5 Å². The van der Waals surface area contributed by atoms with Crippen molar-refractivity contribution in [3.63, 3.8) is 0 Å². The summed E-state index contributed by atoms with van der Waals surface area (Å²) in [5, 5.41) is 9.69. The zero-order chi connectivity index (χ0) is 23.0. The molecule has 0 saturated heterocycles. The molecule has 0 radical (unpaired) electrons. The number of rotatable bonds is 8. The zero-order valence-electron chi connectivity index (χ0n) is 17.7. The van der Waals surface area contributed by atoms with E-state index in [4.69, 9.17) is 23.7 Å². The zero-order valence-corrected chi connectivity index (χ0v) is 17.7. The van der Waals surface area contributed by atoms with Crippen molar-refractivity contribution in [2.45, 2.75) is 6.42 Å². The summed E-state index contributed by atoms with van der Waals surface area (Å²) in [6, 6.07) is 4.29. The van der Waals surface area contributed by atoms with Crippen LogP contribution < -0.4 is 23.7 Å². The molecule has 1 N–H and O–H groups in total. The third kappa shape index (κ3) is 3.58. The number of fused-ring (bicyclic) bond motifs is 2. The predicted molar refractivity (Wildman–Crippen MR) is 110 cm³/mol. The van der Waals surface area contributed by atoms with Crippen molar-refractivity contribution in [2.75, 3.05) is 41.3 Å². The highest BCUT2D eigenvalue weighted by Crippen LogP contribution is 2.46. The van der Waals surface area contributed by atoms with Gasteiger partial charge in [0.25, 0.3) is 0 Å². The molecule has 168 valence electrons. The molecule has 0 bridgehead atoms. The molecule has 0 unspecified atom stereocenters. The van der Waals surface area contributed by atoms with E-state index in [1.165, 1.54) is 19.2 Å². The van der Waals surface area contributed by atoms with Gasteiger partial charge < -0.3 is 33.7 Å². The monoisotopic (exact) mass is 443 g/mol. The maximum Gasteiger partial charge on any atom is 0.340 e. The number of aromatic carboxylic acids is 1. The fraction of sp³-hybridized carbons (Fsp3) is 0.318. The van der Waals surface area contributed by atoms with Gasteiger partial charge >= 0.3 is 5.97 Å². The van der Waals surface area contributed by atoms with Gasteiger partial charge in [0.1, 0.15) is 5.56 Å². The summed E-state index contributed by atoms with van der Waals surface area (Å²) in [6.45, 7) is 0.364. The van der Waals surface area contributed by atoms with Gasteiger partial charge in [-0.15, -0.1) is 0 Å². The van der Waals surface area contributed by atoms with E-state index < -0.39 is 23.1 Å². The highest BCUT2D eigenvalue weighted by molar-refractivity contribution is 6.51. The number of benzene rings is 2. The quantitative estimate of drug-likeness (QED) is 0.479. The Morgan fingerprint density at radius 3 is 2.31 bits per heavy atom. The molecule has 2 aromatic rings. The Hall–Kier alpha value is -3.79. The molecule has 0 aromatic heterocycles. The molecule has 2 heterocycles. The number of methoxy groups -OCH3 is 1. The van der Waals surface area contributed by atoms with Gasteiger partial charge in [-0.25, -0.2) is 4.79 Å². The summed E-state index contributed by atoms with van der Waals surface area (Å²) >= 11 is 0. The van der Waals surface area contributed by atoms with E-state index in [-0.39, 0.29) is 47.7 Å². The van der Waals surface area contributed by atoms with Crippen LogP contribution in [0.1, 0.15) is 36.6 Å². The number of hydrogen-bond donors (Lipinski definition) is 1. The second-order valence-corrected chi connectivity index (χ2v) is 7.42. The Labute approximate surface area is 183 Å². The Balaban J connectivity index is 1.83. The summed E-state index contributed by atoms with van der Waals surface area (Å²) in [5.41, 5.74) is -0.189. The molecule has 0 spiro atoms. The van der Waals surface area contributed by atoms with Crippen LogP contribution in [0.25, 0.3) is 0 Å². The molecule has 0 saturated carbocycles. The minimum absolute atomic E-state index is 0.0117. The number of carboxylic acid groups (broad SMARTS) is 1. The molecule has 2 aromatic carbocycles. The number of ether oxygens (including phenoxy) is 5. The van der Waals surface area contributed by atoms with Crippen molar-refractivity contribution >= 4 is 17.5 Å². The lowest BCUT2D eigenvalue weighted by Gasteiger charge is -2.17. The van der Waals surface area contributed by atoms with Crippen molar-refractivity contribution in [1.82, 2.24) is 4.90 Å². The second kappa shape index (κ2) is 8.39. The van der Waals surface area contributed by atoms with E-state index in [1.807, 2.05) is 19.0 Å². The molecule has 0 atom stereocenters. The van der Waals surface area contributed by atoms with Gasteiger partial charge in [-0.05, 0) is 44.3 Å². The average Bonchev–Trinajstić information content (AvgIpc) is 3.43. The smallest absolute Gasteiger partial charge is 0.340 e. The first-order valence-corrected chi connectivity index (χ1v) is 9.72. The number of Topliss-reactive ketones (excluding diaryl/α,β-unsaturated/α-hetero) is 2. The molecular weight excluding hydrogens is 422 g/mol. The minimum Gasteiger partial charge on any atom is -0.492 e. The third-order valence-electron chi connectivity index (χ3n) is 5.16. The van der Waals surface area contributed by atoms with Crippen LogP contribution >= 0.6 is 0 Å². The molecule has 2 aliphatic heterocycles. The van der Waals surface area contributed by atoms with Gasteiger partial charge in [-0.1, -0.05) is 0 Å². The first-order valence-electron chi connectivity index (χ1n) is 9.72. The molecule has 10 heteroatoms. The Kier molecular flexibility index (Phi) is 5.62. The fourth-order valence-corrected chi connectivity index (χ4v) is 3.66. The summed E-state index contributed by atoms with van der Waals surface area (Å²) < 4.78 is 26.8. The van der Waals surface area contributed by atoms with Gasteiger partial charge in [0, 0.05) is 12.1 Å². The van der Waals surface area contributed by atoms with E-state index in [2.05, 4.69) is 0 Å². The Morgan fingerprint density at radius 2 is 1.66 bits per heavy atom. The number of likely N-dealkylation sites (N-methyl/N-ethyl adjacent to an activating group) is 1. The maximum absolute atomic E-state index is 13.5. The van der Waals surface area contributed by atoms with Crippen LogP contribution in [0.3, 0.4) is 0 Å². The van der Waals surface area contributed by atoms with Gasteiger partial charge in [0.15, 0.2) is 23.0 Å². The Morgan fingerprint density at radius 1 is 0.969 bits per heavy atom. The molecule has 4 rings (SSSR count). The summed E-state index contributed by atoms with van der Waals surface area (Å²) in [7, 11) is 5.11. The number of carbonyl (C=O) groups excluding carboxylic acids is 2. The maximum atomic E-state index is 13.5. The average molecular weight is 443 g/mol. The number of carbonyl (C=O) groups is 3. The fourth-order valence-electron chi connectivity index (χ4n) is 3.66. The predicted octanol–water partition coefficient (Wildman–Crippen LogP) is 2.02. The van der Waals surface area contributed by atoms with Crippen molar-refractivity contribution in [3.05, 3.63) is 40.5 Å². The van der Waals surface area contributed by atoms with Crippen LogP contribution in [0.4, 0.5) is 0 Å². The largest absolute Gasteiger partial charge is 0.492 e. The van der Waals surface area contributed by atoms with Gasteiger partial charge in [-0.2, -0.15) is 0 Å². The lowest BCUT2D eigenvalue weighted by Crippen LogP contribution is -2.22. The molecule has 32 heavy (non-hydrogen) atoms. The van der Waals surface area contributed by atoms with Gasteiger partial charge in [0.05, 0.1) is 12.7 Å². The first-order chi connectivity index (χ1) is 15.3. The topological polar surface area (TPSA) is 121 Å². The summed E-state index contributed by atoms with van der Waals surface area (Å²) in [5.74, 6) is -2.52. The van der Waals surface area contributed by atoms with Crippen LogP contribution in [-0.4, -0.2) is 68.9 Å². The standard InChI is InChI=1S/C22H21NO9/c1-23(2)7-6-11-8-14-20(32-10-30-14)21(28-3)15(11)18(25)17(24)12-4-5-13-19(31-9-29-13)16(12)22(26)27/h4-5,8H,6-7,9-10H2,1-3H3,(H,26,27). The van der Waals surface area contributed by atoms with Crippen LogP contribution in [0.2, 0.25) is 0 Å². The van der Waals surface area contributed by atoms with Crippen molar-refractivity contribution in [3.8, 4) is 28.7 Å². The Bertz CT molecular complexity index is 1120. The van der Waals surface area contributed by atoms with E-state index >= 15 is 0 Å². The minimum atomic E-state index is -1.41. The van der Waals surface area contributed by atoms with Crippen molar-refractivity contribution in [2.24, 2.45) is 0 Å². The van der Waals surface area contributed by atoms with Crippen LogP contribution in [0, 0.1) is 0 Å². The highest BCUT2D eigenvalue weighted by Gasteiger charge is 2.35. The van der Waals surface area contributed by atoms with Crippen molar-refractivity contribution < 1.29 is 43.2 Å². The number of ketones is 2. The van der Waals surface area contributed by atoms with E-state index in [0.29, 0.717) is 24.3 Å². The third-order valence-corrected chi connectivity index (χ3v) is 5.16. The summed E-state index contributed by atoms with van der Waals surface area (Å²) in [4.78, 5) is 40.6. The van der Waals surface area contributed by atoms with Crippen molar-refractivity contribution in [1.29, 1.82) is 0 Å². The number of hydrogen-bond acceptors (Lipinski definition) is 9. The molecule has 10 nitrogen and oxygen atoms in total. The normalized spacial score (nSPS) is 13.4. The van der Waals surface area contributed by atoms with E-state index in [0.717, 1.165) is 0 Å².